The Balaban J connectivity index is 1.32. The number of carbonyl (C=O) groups is 1. The molecule has 2 N–H and O–H groups in total. The summed E-state index contributed by atoms with van der Waals surface area (Å²) in [6.45, 7) is 11.2. The number of amides is 2. The number of carbonyl (C=O) groups excluding carboxylic acids is 1. The molecule has 2 aromatic carbocycles. The van der Waals surface area contributed by atoms with Crippen LogP contribution in [0.2, 0.25) is 0 Å². The minimum absolute atomic E-state index is 0.0633. The van der Waals surface area contributed by atoms with Crippen LogP contribution in [0.15, 0.2) is 54.6 Å². The Morgan fingerprint density at radius 2 is 1.66 bits per heavy atom. The first-order valence-corrected chi connectivity index (χ1v) is 12.7. The highest BCUT2D eigenvalue weighted by Gasteiger charge is 2.26. The minimum atomic E-state index is -0.139. The first-order valence-electron chi connectivity index (χ1n) is 11.9. The van der Waals surface area contributed by atoms with Crippen molar-refractivity contribution in [2.75, 3.05) is 41.7 Å². The van der Waals surface area contributed by atoms with E-state index < -0.39 is 0 Å². The van der Waals surface area contributed by atoms with Gasteiger partial charge in [-0.15, -0.1) is 5.10 Å². The lowest BCUT2D eigenvalue weighted by Crippen LogP contribution is -2.50. The zero-order valence-electron chi connectivity index (χ0n) is 20.6. The number of hydrogen-bond acceptors (Lipinski definition) is 6. The fraction of sp³-hybridized carbons (Fsp3) is 0.346. The van der Waals surface area contributed by atoms with Crippen molar-refractivity contribution in [3.05, 3.63) is 60.2 Å². The molecule has 0 bridgehead atoms. The summed E-state index contributed by atoms with van der Waals surface area (Å²) in [6, 6.07) is 18.0. The zero-order chi connectivity index (χ0) is 24.6. The van der Waals surface area contributed by atoms with E-state index in [9.17, 15) is 4.79 Å². The molecule has 0 saturated carbocycles. The van der Waals surface area contributed by atoms with E-state index in [0.29, 0.717) is 13.1 Å². The van der Waals surface area contributed by atoms with E-state index in [1.807, 2.05) is 58.8 Å². The maximum absolute atomic E-state index is 12.7. The third kappa shape index (κ3) is 5.09. The molecule has 0 spiro atoms. The van der Waals surface area contributed by atoms with Gasteiger partial charge in [0.25, 0.3) is 0 Å². The Morgan fingerprint density at radius 3 is 2.31 bits per heavy atom. The Bertz CT molecular complexity index is 1310. The molecular formula is C26H31N7OS. The maximum atomic E-state index is 12.7. The van der Waals surface area contributed by atoms with E-state index in [0.717, 1.165) is 45.9 Å². The molecule has 1 fully saturated rings. The molecule has 3 heterocycles. The zero-order valence-corrected chi connectivity index (χ0v) is 21.4. The van der Waals surface area contributed by atoms with E-state index in [-0.39, 0.29) is 11.6 Å². The summed E-state index contributed by atoms with van der Waals surface area (Å²) in [6.07, 6.45) is 0. The number of aromatic nitrogens is 3. The molecule has 1 saturated heterocycles. The fourth-order valence-corrected chi connectivity index (χ4v) is 5.02. The van der Waals surface area contributed by atoms with Gasteiger partial charge in [0.15, 0.2) is 5.82 Å². The quantitative estimate of drug-likeness (QED) is 0.405. The lowest BCUT2D eigenvalue weighted by atomic mass is 10.1. The molecular weight excluding hydrogens is 458 g/mol. The third-order valence-corrected chi connectivity index (χ3v) is 6.84. The molecule has 2 aromatic heterocycles. The van der Waals surface area contributed by atoms with Gasteiger partial charge in [-0.05, 0) is 39.8 Å². The topological polar surface area (TPSA) is 77.8 Å². The van der Waals surface area contributed by atoms with E-state index in [1.165, 1.54) is 5.56 Å². The van der Waals surface area contributed by atoms with Gasteiger partial charge in [0.05, 0.1) is 0 Å². The van der Waals surface area contributed by atoms with Crippen LogP contribution in [-0.4, -0.2) is 57.2 Å². The molecule has 0 atom stereocenters. The highest BCUT2D eigenvalue weighted by molar-refractivity contribution is 7.20. The molecule has 8 nitrogen and oxygen atoms in total. The van der Waals surface area contributed by atoms with E-state index in [4.69, 9.17) is 10.1 Å². The third-order valence-electron chi connectivity index (χ3n) is 5.87. The molecule has 182 valence electrons. The molecule has 1 aliphatic rings. The lowest BCUT2D eigenvalue weighted by Gasteiger charge is -2.34. The molecule has 4 aromatic rings. The van der Waals surface area contributed by atoms with Crippen LogP contribution in [0.25, 0.3) is 16.2 Å². The van der Waals surface area contributed by atoms with Crippen LogP contribution in [0, 0.1) is 6.92 Å². The van der Waals surface area contributed by atoms with Crippen LogP contribution in [0.5, 0.6) is 0 Å². The highest BCUT2D eigenvalue weighted by atomic mass is 32.1. The number of urea groups is 1. The van der Waals surface area contributed by atoms with Crippen molar-refractivity contribution in [2.24, 2.45) is 0 Å². The average molecular weight is 490 g/mol. The first-order chi connectivity index (χ1) is 16.8. The van der Waals surface area contributed by atoms with Gasteiger partial charge in [0, 0.05) is 43.0 Å². The minimum Gasteiger partial charge on any atom is -0.364 e. The summed E-state index contributed by atoms with van der Waals surface area (Å²) in [5, 5.41) is 12.4. The SMILES string of the molecule is Cc1ccc(NC(=O)N2CCN(c3nn4c(NC(C)(C)C)c(-c5ccccc5)nc4s3)CC2)cc1. The molecule has 35 heavy (non-hydrogen) atoms. The molecule has 5 rings (SSSR count). The predicted octanol–water partition coefficient (Wildman–Crippen LogP) is 5.33. The van der Waals surface area contributed by atoms with Gasteiger partial charge >= 0.3 is 6.03 Å². The fourth-order valence-electron chi connectivity index (χ4n) is 4.07. The number of nitrogens with zero attached hydrogens (tertiary/aromatic N) is 5. The number of piperazine rings is 1. The van der Waals surface area contributed by atoms with Crippen LogP contribution >= 0.6 is 11.3 Å². The number of hydrogen-bond donors (Lipinski definition) is 2. The van der Waals surface area contributed by atoms with Gasteiger partial charge in [0.2, 0.25) is 10.1 Å². The van der Waals surface area contributed by atoms with Crippen LogP contribution in [0.1, 0.15) is 26.3 Å². The Morgan fingerprint density at radius 1 is 0.971 bits per heavy atom. The number of nitrogens with one attached hydrogen (secondary N) is 2. The molecule has 0 aliphatic carbocycles. The molecule has 0 unspecified atom stereocenters. The van der Waals surface area contributed by atoms with Crippen molar-refractivity contribution < 1.29 is 4.79 Å². The van der Waals surface area contributed by atoms with Gasteiger partial charge in [-0.2, -0.15) is 4.52 Å². The molecule has 9 heteroatoms. The molecule has 0 radical (unpaired) electrons. The van der Waals surface area contributed by atoms with Crippen molar-refractivity contribution >= 4 is 39.0 Å². The highest BCUT2D eigenvalue weighted by Crippen LogP contribution is 2.35. The van der Waals surface area contributed by atoms with Crippen molar-refractivity contribution in [1.29, 1.82) is 0 Å². The van der Waals surface area contributed by atoms with Crippen LogP contribution < -0.4 is 15.5 Å². The second-order valence-electron chi connectivity index (χ2n) is 9.90. The molecule has 1 aliphatic heterocycles. The normalized spacial score (nSPS) is 14.4. The number of anilines is 3. The number of benzene rings is 2. The van der Waals surface area contributed by atoms with Crippen LogP contribution in [0.4, 0.5) is 21.4 Å². The number of rotatable bonds is 4. The van der Waals surface area contributed by atoms with E-state index >= 15 is 0 Å². The van der Waals surface area contributed by atoms with Crippen molar-refractivity contribution in [1.82, 2.24) is 19.5 Å². The van der Waals surface area contributed by atoms with Gasteiger partial charge in [-0.1, -0.05) is 59.4 Å². The number of aryl methyl sites for hydroxylation is 1. The largest absolute Gasteiger partial charge is 0.364 e. The summed E-state index contributed by atoms with van der Waals surface area (Å²) >= 11 is 1.58. The van der Waals surface area contributed by atoms with Crippen molar-refractivity contribution in [3.63, 3.8) is 0 Å². The second-order valence-corrected chi connectivity index (χ2v) is 10.8. The van der Waals surface area contributed by atoms with Gasteiger partial charge in [0.1, 0.15) is 5.69 Å². The Hall–Kier alpha value is -3.59. The predicted molar refractivity (Wildman–Crippen MR) is 144 cm³/mol. The smallest absolute Gasteiger partial charge is 0.321 e. The second kappa shape index (κ2) is 9.22. The molecule has 2 amide bonds. The number of imidazole rings is 1. The van der Waals surface area contributed by atoms with Gasteiger partial charge in [-0.25, -0.2) is 9.78 Å². The summed E-state index contributed by atoms with van der Waals surface area (Å²) < 4.78 is 1.92. The van der Waals surface area contributed by atoms with Crippen molar-refractivity contribution in [3.8, 4) is 11.3 Å². The van der Waals surface area contributed by atoms with Crippen molar-refractivity contribution in [2.45, 2.75) is 33.2 Å². The van der Waals surface area contributed by atoms with E-state index in [1.54, 1.807) is 11.3 Å². The standard InChI is InChI=1S/C26H31N7OS/c1-18-10-12-20(13-11-18)27-23(34)31-14-16-32(17-15-31)25-30-33-22(29-26(2,3)4)21(28-24(33)35-25)19-8-6-5-7-9-19/h5-13,29H,14-17H2,1-4H3,(H,27,34). The van der Waals surface area contributed by atoms with Gasteiger partial charge < -0.3 is 20.4 Å². The van der Waals surface area contributed by atoms with Crippen LogP contribution in [0.3, 0.4) is 0 Å². The monoisotopic (exact) mass is 489 g/mol. The lowest BCUT2D eigenvalue weighted by molar-refractivity contribution is 0.208. The number of fused-ring (bicyclic) bond motifs is 1. The first kappa shape index (κ1) is 23.2. The summed E-state index contributed by atoms with van der Waals surface area (Å²) in [5.74, 6) is 0.900. The Kier molecular flexibility index (Phi) is 6.10. The van der Waals surface area contributed by atoms with Gasteiger partial charge in [-0.3, -0.25) is 0 Å². The van der Waals surface area contributed by atoms with Crippen LogP contribution in [-0.2, 0) is 0 Å². The maximum Gasteiger partial charge on any atom is 0.321 e. The summed E-state index contributed by atoms with van der Waals surface area (Å²) in [5.41, 5.74) is 3.82. The summed E-state index contributed by atoms with van der Waals surface area (Å²) in [4.78, 5) is 22.6. The average Bonchev–Trinajstić information content (AvgIpc) is 3.40. The Labute approximate surface area is 209 Å². The summed E-state index contributed by atoms with van der Waals surface area (Å²) in [7, 11) is 0. The van der Waals surface area contributed by atoms with E-state index in [2.05, 4.69) is 48.4 Å².